The van der Waals surface area contributed by atoms with Gasteiger partial charge in [-0.1, -0.05) is 12.8 Å². The molecule has 2 saturated carbocycles. The topological polar surface area (TPSA) is 86.7 Å². The molecule has 2 amide bonds. The molecule has 2 aliphatic carbocycles. The number of rotatable bonds is 5. The zero-order valence-electron chi connectivity index (χ0n) is 14.9. The SMILES string of the molecule is O=C(CC1CCCC1)NC1CCC(C(=O)N2CCC[C@H]2C(=O)O)CC1. The van der Waals surface area contributed by atoms with Gasteiger partial charge in [-0.05, 0) is 57.3 Å². The summed E-state index contributed by atoms with van der Waals surface area (Å²) in [5, 5.41) is 12.4. The lowest BCUT2D eigenvalue weighted by atomic mass is 9.85. The van der Waals surface area contributed by atoms with Gasteiger partial charge in [0.15, 0.2) is 0 Å². The molecule has 6 heteroatoms. The first-order chi connectivity index (χ1) is 12.0. The number of carbonyl (C=O) groups is 3. The third-order valence-corrected chi connectivity index (χ3v) is 6.21. The third-order valence-electron chi connectivity index (χ3n) is 6.21. The van der Waals surface area contributed by atoms with Crippen LogP contribution in [-0.2, 0) is 14.4 Å². The Morgan fingerprint density at radius 2 is 1.60 bits per heavy atom. The molecule has 0 bridgehead atoms. The highest BCUT2D eigenvalue weighted by atomic mass is 16.4. The van der Waals surface area contributed by atoms with E-state index in [4.69, 9.17) is 0 Å². The molecule has 1 heterocycles. The molecule has 3 fully saturated rings. The molecule has 1 aliphatic heterocycles. The van der Waals surface area contributed by atoms with Gasteiger partial charge in [0, 0.05) is 24.9 Å². The number of carbonyl (C=O) groups excluding carboxylic acids is 2. The summed E-state index contributed by atoms with van der Waals surface area (Å²) >= 11 is 0. The van der Waals surface area contributed by atoms with Crippen LogP contribution in [0.2, 0.25) is 0 Å². The van der Waals surface area contributed by atoms with Crippen molar-refractivity contribution < 1.29 is 19.5 Å². The largest absolute Gasteiger partial charge is 0.480 e. The molecule has 1 atom stereocenters. The first-order valence-corrected chi connectivity index (χ1v) is 9.87. The van der Waals surface area contributed by atoms with Crippen LogP contribution in [0.15, 0.2) is 0 Å². The predicted octanol–water partition coefficient (Wildman–Crippen LogP) is 2.32. The first-order valence-electron chi connectivity index (χ1n) is 9.87. The average Bonchev–Trinajstić information content (AvgIpc) is 3.26. The molecule has 2 N–H and O–H groups in total. The molecule has 3 aliphatic rings. The minimum Gasteiger partial charge on any atom is -0.480 e. The lowest BCUT2D eigenvalue weighted by Gasteiger charge is -2.32. The predicted molar refractivity (Wildman–Crippen MR) is 92.8 cm³/mol. The fourth-order valence-corrected chi connectivity index (χ4v) is 4.77. The Balaban J connectivity index is 1.42. The van der Waals surface area contributed by atoms with Crippen molar-refractivity contribution in [3.05, 3.63) is 0 Å². The quantitative estimate of drug-likeness (QED) is 0.797. The highest BCUT2D eigenvalue weighted by molar-refractivity contribution is 5.85. The molecule has 1 saturated heterocycles. The van der Waals surface area contributed by atoms with E-state index in [2.05, 4.69) is 5.32 Å². The van der Waals surface area contributed by atoms with E-state index in [1.807, 2.05) is 0 Å². The zero-order chi connectivity index (χ0) is 17.8. The number of aliphatic carboxylic acids is 1. The number of amides is 2. The zero-order valence-corrected chi connectivity index (χ0v) is 14.9. The van der Waals surface area contributed by atoms with Gasteiger partial charge in [0.05, 0.1) is 0 Å². The van der Waals surface area contributed by atoms with Crippen molar-refractivity contribution in [1.82, 2.24) is 10.2 Å². The van der Waals surface area contributed by atoms with Crippen LogP contribution in [0.25, 0.3) is 0 Å². The molecular weight excluding hydrogens is 320 g/mol. The van der Waals surface area contributed by atoms with E-state index in [1.54, 1.807) is 4.90 Å². The highest BCUT2D eigenvalue weighted by Crippen LogP contribution is 2.30. The van der Waals surface area contributed by atoms with Gasteiger partial charge in [0.2, 0.25) is 11.8 Å². The summed E-state index contributed by atoms with van der Waals surface area (Å²) in [7, 11) is 0. The van der Waals surface area contributed by atoms with Crippen LogP contribution in [0.5, 0.6) is 0 Å². The molecule has 25 heavy (non-hydrogen) atoms. The van der Waals surface area contributed by atoms with E-state index in [1.165, 1.54) is 25.7 Å². The maximum Gasteiger partial charge on any atom is 0.326 e. The standard InChI is InChI=1S/C19H30N2O4/c22-17(12-13-4-1-2-5-13)20-15-9-7-14(8-10-15)18(23)21-11-3-6-16(21)19(24)25/h13-16H,1-12H2,(H,20,22)(H,24,25)/t14?,15?,16-/m0/s1. The first kappa shape index (κ1) is 18.2. The highest BCUT2D eigenvalue weighted by Gasteiger charge is 2.38. The monoisotopic (exact) mass is 350 g/mol. The van der Waals surface area contributed by atoms with Crippen molar-refractivity contribution in [3.8, 4) is 0 Å². The molecular formula is C19H30N2O4. The molecule has 140 valence electrons. The minimum absolute atomic E-state index is 0.000585. The number of carboxylic acid groups (broad SMARTS) is 1. The average molecular weight is 350 g/mol. The molecule has 0 aromatic rings. The summed E-state index contributed by atoms with van der Waals surface area (Å²) in [5.41, 5.74) is 0. The Kier molecular flexibility index (Phi) is 5.97. The normalized spacial score (nSPS) is 30.4. The molecule has 0 radical (unpaired) electrons. The van der Waals surface area contributed by atoms with Crippen molar-refractivity contribution >= 4 is 17.8 Å². The van der Waals surface area contributed by atoms with Crippen LogP contribution in [0.3, 0.4) is 0 Å². The van der Waals surface area contributed by atoms with Crippen molar-refractivity contribution in [3.63, 3.8) is 0 Å². The molecule has 3 rings (SSSR count). The molecule has 0 aromatic carbocycles. The maximum absolute atomic E-state index is 12.6. The van der Waals surface area contributed by atoms with Gasteiger partial charge in [-0.25, -0.2) is 4.79 Å². The maximum atomic E-state index is 12.6. The number of carboxylic acids is 1. The van der Waals surface area contributed by atoms with Gasteiger partial charge < -0.3 is 15.3 Å². The van der Waals surface area contributed by atoms with E-state index in [0.717, 1.165) is 32.1 Å². The van der Waals surface area contributed by atoms with Crippen molar-refractivity contribution in [1.29, 1.82) is 0 Å². The van der Waals surface area contributed by atoms with Gasteiger partial charge in [0.1, 0.15) is 6.04 Å². The van der Waals surface area contributed by atoms with E-state index < -0.39 is 12.0 Å². The second-order valence-corrected chi connectivity index (χ2v) is 8.00. The lowest BCUT2D eigenvalue weighted by molar-refractivity contribution is -0.150. The van der Waals surface area contributed by atoms with Crippen LogP contribution in [0.4, 0.5) is 0 Å². The van der Waals surface area contributed by atoms with E-state index in [0.29, 0.717) is 25.3 Å². The van der Waals surface area contributed by atoms with Crippen molar-refractivity contribution in [2.75, 3.05) is 6.54 Å². The van der Waals surface area contributed by atoms with Crippen LogP contribution in [-0.4, -0.2) is 46.4 Å². The molecule has 0 aromatic heterocycles. The molecule has 0 spiro atoms. The van der Waals surface area contributed by atoms with Gasteiger partial charge >= 0.3 is 5.97 Å². The van der Waals surface area contributed by atoms with Crippen molar-refractivity contribution in [2.24, 2.45) is 11.8 Å². The second kappa shape index (κ2) is 8.19. The van der Waals surface area contributed by atoms with E-state index >= 15 is 0 Å². The van der Waals surface area contributed by atoms with Gasteiger partial charge in [-0.15, -0.1) is 0 Å². The van der Waals surface area contributed by atoms with Gasteiger partial charge in [0.25, 0.3) is 0 Å². The summed E-state index contributed by atoms with van der Waals surface area (Å²) in [5.74, 6) is -0.254. The number of nitrogens with zero attached hydrogens (tertiary/aromatic N) is 1. The summed E-state index contributed by atoms with van der Waals surface area (Å²) in [6.45, 7) is 0.563. The summed E-state index contributed by atoms with van der Waals surface area (Å²) in [6.07, 6.45) is 9.96. The Bertz CT molecular complexity index is 508. The van der Waals surface area contributed by atoms with Crippen LogP contribution >= 0.6 is 0 Å². The van der Waals surface area contributed by atoms with E-state index in [9.17, 15) is 19.5 Å². The minimum atomic E-state index is -0.890. The number of likely N-dealkylation sites (tertiary alicyclic amines) is 1. The summed E-state index contributed by atoms with van der Waals surface area (Å²) < 4.78 is 0. The summed E-state index contributed by atoms with van der Waals surface area (Å²) in [6, 6.07) is -0.469. The van der Waals surface area contributed by atoms with Crippen LogP contribution < -0.4 is 5.32 Å². The smallest absolute Gasteiger partial charge is 0.326 e. The van der Waals surface area contributed by atoms with Crippen molar-refractivity contribution in [2.45, 2.75) is 82.7 Å². The third kappa shape index (κ3) is 4.53. The molecule has 0 unspecified atom stereocenters. The molecule has 6 nitrogen and oxygen atoms in total. The Hall–Kier alpha value is -1.59. The Labute approximate surface area is 149 Å². The fraction of sp³-hybridized carbons (Fsp3) is 0.842. The lowest BCUT2D eigenvalue weighted by Crippen LogP contribution is -2.46. The number of nitrogens with one attached hydrogen (secondary N) is 1. The number of hydrogen-bond acceptors (Lipinski definition) is 3. The number of hydrogen-bond donors (Lipinski definition) is 2. The van der Waals surface area contributed by atoms with Gasteiger partial charge in [-0.3, -0.25) is 9.59 Å². The Morgan fingerprint density at radius 3 is 2.24 bits per heavy atom. The van der Waals surface area contributed by atoms with Crippen LogP contribution in [0, 0.1) is 11.8 Å². The Morgan fingerprint density at radius 1 is 0.920 bits per heavy atom. The van der Waals surface area contributed by atoms with E-state index in [-0.39, 0.29) is 23.8 Å². The second-order valence-electron chi connectivity index (χ2n) is 8.00. The fourth-order valence-electron chi connectivity index (χ4n) is 4.77. The van der Waals surface area contributed by atoms with Gasteiger partial charge in [-0.2, -0.15) is 0 Å². The summed E-state index contributed by atoms with van der Waals surface area (Å²) in [4.78, 5) is 37.6. The van der Waals surface area contributed by atoms with Crippen LogP contribution in [0.1, 0.15) is 70.6 Å².